The maximum atomic E-state index is 12.6. The van der Waals surface area contributed by atoms with E-state index in [4.69, 9.17) is 0 Å². The van der Waals surface area contributed by atoms with Crippen molar-refractivity contribution in [3.63, 3.8) is 0 Å². The number of nitroso groups, excluding NO2 is 3. The standard InChI is InChI=1S/3C13H22N4O2.C9H6O6/c3*1-7-15-9-8-14(6)10(15)11-16(18)12(2,3)13(4,5)17(11)19;10-7(11)4-1-5(8(12)13)3-6(2-4)9(14)15/h3*8-9H,7H2,1-6H3;1-3H,(H,10,11)(H,12,13)(H,14,15)/q3*+1;/p-3. The molecule has 0 amide bonds. The number of hydrogen-bond donors (Lipinski definition) is 0. The molecule has 0 spiro atoms. The van der Waals surface area contributed by atoms with E-state index in [1.54, 1.807) is 83.1 Å². The third-order valence-corrected chi connectivity index (χ3v) is 15.2. The molecule has 0 aromatic heterocycles. The average Bonchev–Trinajstić information content (AvgIpc) is 4.06. The van der Waals surface area contributed by atoms with Crippen molar-refractivity contribution in [2.45, 2.75) is 137 Å². The molecule has 0 N–H and O–H groups in total. The van der Waals surface area contributed by atoms with Gasteiger partial charge in [-0.3, -0.25) is 0 Å². The lowest BCUT2D eigenvalue weighted by Gasteiger charge is -2.25. The van der Waals surface area contributed by atoms with Gasteiger partial charge in [-0.1, -0.05) is 29.9 Å². The summed E-state index contributed by atoms with van der Waals surface area (Å²) < 4.78 is 2.55. The Hall–Kier alpha value is -7.05. The topological polar surface area (TPSA) is 269 Å². The number of benzene rings is 1. The zero-order valence-corrected chi connectivity index (χ0v) is 44.6. The summed E-state index contributed by atoms with van der Waals surface area (Å²) in [6, 6.07) is 2.24. The molecule has 3 radical (unpaired) electrons. The van der Waals surface area contributed by atoms with Crippen LogP contribution in [0.25, 0.3) is 0 Å². The highest BCUT2D eigenvalue weighted by molar-refractivity contribution is 5.97. The third-order valence-electron chi connectivity index (χ3n) is 15.2. The number of nitrogens with zero attached hydrogens (tertiary/aromatic N) is 12. The zero-order chi connectivity index (χ0) is 55.3. The van der Waals surface area contributed by atoms with Gasteiger partial charge in [-0.15, -0.1) is 0 Å². The van der Waals surface area contributed by atoms with Crippen LogP contribution in [0.4, 0.5) is 0 Å². The van der Waals surface area contributed by atoms with Crippen molar-refractivity contribution in [2.24, 2.45) is 0 Å². The Morgan fingerprint density at radius 1 is 0.417 bits per heavy atom. The van der Waals surface area contributed by atoms with E-state index in [0.29, 0.717) is 37.1 Å². The van der Waals surface area contributed by atoms with Crippen molar-refractivity contribution >= 4 is 17.9 Å². The van der Waals surface area contributed by atoms with Crippen LogP contribution in [0, 0.1) is 14.7 Å². The summed E-state index contributed by atoms with van der Waals surface area (Å²) in [5.74, 6) is -2.55. The molecule has 0 unspecified atom stereocenters. The van der Waals surface area contributed by atoms with Crippen molar-refractivity contribution < 1.29 is 59.6 Å². The quantitative estimate of drug-likeness (QED) is 0.370. The molecule has 24 heteroatoms. The van der Waals surface area contributed by atoms with Gasteiger partial charge in [0, 0.05) is 93.6 Å². The van der Waals surface area contributed by atoms with Crippen molar-refractivity contribution in [1.29, 1.82) is 0 Å². The monoisotopic (exact) mass is 1010 g/mol. The van der Waals surface area contributed by atoms with Crippen LogP contribution in [0.5, 0.6) is 0 Å². The van der Waals surface area contributed by atoms with Gasteiger partial charge in [0.2, 0.25) is 17.5 Å². The van der Waals surface area contributed by atoms with E-state index in [1.807, 2.05) is 109 Å². The highest BCUT2D eigenvalue weighted by Gasteiger charge is 2.69. The summed E-state index contributed by atoms with van der Waals surface area (Å²) in [7, 11) is 5.53. The first-order valence-corrected chi connectivity index (χ1v) is 23.3. The molecule has 24 nitrogen and oxygen atoms in total. The second-order valence-electron chi connectivity index (χ2n) is 20.8. The predicted molar refractivity (Wildman–Crippen MR) is 251 cm³/mol. The van der Waals surface area contributed by atoms with Crippen LogP contribution in [0.1, 0.15) is 135 Å². The van der Waals surface area contributed by atoms with Crippen molar-refractivity contribution in [2.75, 3.05) is 40.8 Å². The van der Waals surface area contributed by atoms with Crippen molar-refractivity contribution in [3.8, 4) is 0 Å². The van der Waals surface area contributed by atoms with Gasteiger partial charge in [0.05, 0.1) is 17.9 Å². The van der Waals surface area contributed by atoms with Crippen LogP contribution in [-0.4, -0.2) is 151 Å². The number of carboxylic acid groups (broad SMARTS) is 3. The molecule has 1 aromatic carbocycles. The molecule has 6 aliphatic heterocycles. The molecule has 7 rings (SSSR count). The molecule has 0 bridgehead atoms. The van der Waals surface area contributed by atoms with Gasteiger partial charge >= 0.3 is 17.5 Å². The van der Waals surface area contributed by atoms with E-state index >= 15 is 0 Å². The number of carboxylic acids is 3. The molecular formula is C48H69N12O12. The fourth-order valence-corrected chi connectivity index (χ4v) is 8.05. The van der Waals surface area contributed by atoms with Crippen LogP contribution in [-0.2, 0) is 15.6 Å². The minimum absolute atomic E-state index is 0.185. The number of rotatable bonds is 6. The molecule has 0 saturated carbocycles. The number of hydrogen-bond acceptors (Lipinski definition) is 18. The van der Waals surface area contributed by atoms with Crippen LogP contribution in [0.2, 0.25) is 0 Å². The minimum Gasteiger partial charge on any atom is -0.545 e. The number of carbonyl (C=O) groups is 3. The zero-order valence-electron chi connectivity index (χ0n) is 44.6. The largest absolute Gasteiger partial charge is 0.545 e. The highest BCUT2D eigenvalue weighted by atomic mass is 16.5. The van der Waals surface area contributed by atoms with Crippen LogP contribution in [0.15, 0.2) is 90.3 Å². The van der Waals surface area contributed by atoms with E-state index in [-0.39, 0.29) is 17.5 Å². The SMILES string of the molecule is CCN1C=CN(C)/C1=C1/N([O])C(C)(C)C(C)(C)[N+]1=O.CCN1C=CN(C)/C1=C1/N([O])C(C)(C)C(C)(C)[N+]1=O.CCN1C=CN(C)/C1=C1/N([O])C(C)(C)C(C)(C)[N+]1=O.O=C([O-])c1cc(C(=O)[O-])cc(C(=O)[O-])c1. The summed E-state index contributed by atoms with van der Waals surface area (Å²) in [6.07, 6.45) is 11.2. The molecule has 1 aromatic rings. The second-order valence-corrected chi connectivity index (χ2v) is 20.8. The fourth-order valence-electron chi connectivity index (χ4n) is 8.05. The Kier molecular flexibility index (Phi) is 15.9. The Morgan fingerprint density at radius 3 is 0.750 bits per heavy atom. The van der Waals surface area contributed by atoms with E-state index in [2.05, 4.69) is 0 Å². The molecule has 3 saturated heterocycles. The van der Waals surface area contributed by atoms with Crippen molar-refractivity contribution in [3.05, 3.63) is 122 Å². The lowest BCUT2D eigenvalue weighted by atomic mass is 9.84. The van der Waals surface area contributed by atoms with E-state index in [9.17, 15) is 60.0 Å². The number of aromatic carboxylic acids is 3. The van der Waals surface area contributed by atoms with Crippen molar-refractivity contribution in [1.82, 2.24) is 44.6 Å². The number of carbonyl (C=O) groups excluding carboxylic acids is 3. The maximum absolute atomic E-state index is 12.6. The van der Waals surface area contributed by atoms with Gasteiger partial charge in [-0.05, 0) is 153 Å². The van der Waals surface area contributed by atoms with Gasteiger partial charge in [0.1, 0.15) is 0 Å². The van der Waals surface area contributed by atoms with Gasteiger partial charge in [-0.25, -0.2) is 0 Å². The van der Waals surface area contributed by atoms with Gasteiger partial charge < -0.3 is 59.1 Å². The molecule has 6 heterocycles. The Labute approximate surface area is 420 Å². The average molecular weight is 1010 g/mol. The van der Waals surface area contributed by atoms with Crippen LogP contribution < -0.4 is 15.3 Å². The second kappa shape index (κ2) is 19.9. The molecule has 0 aliphatic carbocycles. The highest BCUT2D eigenvalue weighted by Crippen LogP contribution is 2.46. The minimum atomic E-state index is -1.68. The first kappa shape index (κ1) is 57.5. The fraction of sp³-hybridized carbons (Fsp3) is 0.562. The Bertz CT molecular complexity index is 2300. The first-order valence-electron chi connectivity index (χ1n) is 23.3. The molecule has 0 atom stereocenters. The summed E-state index contributed by atoms with van der Waals surface area (Å²) in [5.41, 5.74) is -6.35. The lowest BCUT2D eigenvalue weighted by molar-refractivity contribution is -0.570. The summed E-state index contributed by atoms with van der Waals surface area (Å²) in [4.78, 5) is 80.1. The smallest absolute Gasteiger partial charge is 0.391 e. The summed E-state index contributed by atoms with van der Waals surface area (Å²) in [5, 5.41) is 71.5. The summed E-state index contributed by atoms with van der Waals surface area (Å²) in [6.45, 7) is 29.7. The maximum Gasteiger partial charge on any atom is 0.391 e. The van der Waals surface area contributed by atoms with Gasteiger partial charge in [-0.2, -0.15) is 0 Å². The van der Waals surface area contributed by atoms with E-state index in [1.165, 1.54) is 0 Å². The lowest BCUT2D eigenvalue weighted by Crippen LogP contribution is -2.50. The van der Waals surface area contributed by atoms with Gasteiger partial charge in [0.25, 0.3) is 0 Å². The molecule has 3 fully saturated rings. The summed E-state index contributed by atoms with van der Waals surface area (Å²) >= 11 is 0. The Morgan fingerprint density at radius 2 is 0.611 bits per heavy atom. The normalized spacial score (nSPS) is 24.8. The Balaban J connectivity index is 0.000000209. The molecule has 72 heavy (non-hydrogen) atoms. The molecule has 6 aliphatic rings. The van der Waals surface area contributed by atoms with Crippen LogP contribution in [0.3, 0.4) is 0 Å². The van der Waals surface area contributed by atoms with E-state index < -0.39 is 67.8 Å². The van der Waals surface area contributed by atoms with Crippen LogP contribution >= 0.6 is 0 Å². The number of hydroxylamine groups is 6. The third kappa shape index (κ3) is 9.33. The molecule has 393 valence electrons. The predicted octanol–water partition coefficient (Wildman–Crippen LogP) is 2.32. The first-order chi connectivity index (χ1) is 32.9. The van der Waals surface area contributed by atoms with Gasteiger partial charge in [0.15, 0.2) is 33.2 Å². The molecular weight excluding hydrogens is 937 g/mol. The van der Waals surface area contributed by atoms with E-state index in [0.717, 1.165) is 47.7 Å².